The van der Waals surface area contributed by atoms with Crippen LogP contribution in [0.2, 0.25) is 0 Å². The van der Waals surface area contributed by atoms with Crippen LogP contribution >= 0.6 is 0 Å². The third-order valence-corrected chi connectivity index (χ3v) is 5.98. The number of hydrogen-bond acceptors (Lipinski definition) is 2. The van der Waals surface area contributed by atoms with Crippen molar-refractivity contribution in [3.63, 3.8) is 0 Å². The molecule has 0 aromatic carbocycles. The molecule has 0 radical (unpaired) electrons. The zero-order valence-corrected chi connectivity index (χ0v) is 12.6. The molecule has 3 aliphatic carbocycles. The Morgan fingerprint density at radius 2 is 1.58 bits per heavy atom. The van der Waals surface area contributed by atoms with Crippen LogP contribution in [0.4, 0.5) is 0 Å². The zero-order valence-electron chi connectivity index (χ0n) is 12.6. The fourth-order valence-electron chi connectivity index (χ4n) is 4.39. The van der Waals surface area contributed by atoms with Crippen LogP contribution in [0.15, 0.2) is 0 Å². The first kappa shape index (κ1) is 12.6. The van der Waals surface area contributed by atoms with Crippen molar-refractivity contribution in [3.05, 3.63) is 0 Å². The van der Waals surface area contributed by atoms with Crippen molar-refractivity contribution in [1.82, 2.24) is 10.2 Å². The van der Waals surface area contributed by atoms with Gasteiger partial charge < -0.3 is 5.32 Å². The maximum Gasteiger partial charge on any atom is 0.0247 e. The van der Waals surface area contributed by atoms with Crippen molar-refractivity contribution in [1.29, 1.82) is 0 Å². The SMILES string of the molecule is CC(C)C1CNC(C2CC2)CN1C(C1CC1)C1CC1. The Bertz CT molecular complexity index is 316. The molecular weight excluding hydrogens is 232 g/mol. The molecule has 2 atom stereocenters. The summed E-state index contributed by atoms with van der Waals surface area (Å²) in [6.07, 6.45) is 9.03. The Balaban J connectivity index is 1.52. The fraction of sp³-hybridized carbons (Fsp3) is 1.00. The maximum absolute atomic E-state index is 3.87. The monoisotopic (exact) mass is 262 g/mol. The molecule has 4 fully saturated rings. The second-order valence-electron chi connectivity index (χ2n) is 8.03. The molecule has 19 heavy (non-hydrogen) atoms. The zero-order chi connectivity index (χ0) is 13.0. The van der Waals surface area contributed by atoms with Crippen molar-refractivity contribution in [2.75, 3.05) is 13.1 Å². The molecule has 0 aromatic heterocycles. The molecule has 0 spiro atoms. The summed E-state index contributed by atoms with van der Waals surface area (Å²) in [5.41, 5.74) is 0. The Hall–Kier alpha value is -0.0800. The highest BCUT2D eigenvalue weighted by Gasteiger charge is 2.49. The van der Waals surface area contributed by atoms with Gasteiger partial charge in [0.2, 0.25) is 0 Å². The molecular formula is C17H30N2. The van der Waals surface area contributed by atoms with Gasteiger partial charge in [0.25, 0.3) is 0 Å². The summed E-state index contributed by atoms with van der Waals surface area (Å²) >= 11 is 0. The molecule has 1 saturated heterocycles. The Labute approximate surface area is 118 Å². The van der Waals surface area contributed by atoms with E-state index in [1.807, 2.05) is 0 Å². The van der Waals surface area contributed by atoms with Crippen molar-refractivity contribution in [3.8, 4) is 0 Å². The molecule has 0 amide bonds. The van der Waals surface area contributed by atoms with Crippen LogP contribution in [-0.4, -0.2) is 36.1 Å². The van der Waals surface area contributed by atoms with E-state index in [0.717, 1.165) is 41.8 Å². The summed E-state index contributed by atoms with van der Waals surface area (Å²) in [7, 11) is 0. The maximum atomic E-state index is 3.87. The van der Waals surface area contributed by atoms with E-state index in [1.165, 1.54) is 51.6 Å². The quantitative estimate of drug-likeness (QED) is 0.819. The summed E-state index contributed by atoms with van der Waals surface area (Å²) in [5.74, 6) is 3.93. The van der Waals surface area contributed by atoms with Crippen molar-refractivity contribution < 1.29 is 0 Å². The molecule has 108 valence electrons. The largest absolute Gasteiger partial charge is 0.311 e. The molecule has 1 heterocycles. The van der Waals surface area contributed by atoms with Gasteiger partial charge >= 0.3 is 0 Å². The van der Waals surface area contributed by atoms with Crippen LogP contribution in [0.1, 0.15) is 52.4 Å². The molecule has 2 nitrogen and oxygen atoms in total. The van der Waals surface area contributed by atoms with E-state index in [9.17, 15) is 0 Å². The third-order valence-electron chi connectivity index (χ3n) is 5.98. The van der Waals surface area contributed by atoms with Crippen LogP contribution < -0.4 is 5.32 Å². The van der Waals surface area contributed by atoms with Gasteiger partial charge in [0.05, 0.1) is 0 Å². The van der Waals surface area contributed by atoms with Gasteiger partial charge in [-0.15, -0.1) is 0 Å². The first-order chi connectivity index (χ1) is 9.24. The fourth-order valence-corrected chi connectivity index (χ4v) is 4.39. The standard InChI is InChI=1S/C17H30N2/c1-11(2)16-9-18-15(12-3-4-12)10-19(16)17(13-5-6-13)14-7-8-14/h11-18H,3-10H2,1-2H3. The lowest BCUT2D eigenvalue weighted by Crippen LogP contribution is -2.62. The van der Waals surface area contributed by atoms with E-state index in [1.54, 1.807) is 0 Å². The molecule has 2 unspecified atom stereocenters. The first-order valence-corrected chi connectivity index (χ1v) is 8.73. The molecule has 2 heteroatoms. The van der Waals surface area contributed by atoms with Gasteiger partial charge in [0.1, 0.15) is 0 Å². The summed E-state index contributed by atoms with van der Waals surface area (Å²) in [6.45, 7) is 7.45. The molecule has 0 bridgehead atoms. The van der Waals surface area contributed by atoms with Gasteiger partial charge in [0.15, 0.2) is 0 Å². The number of nitrogens with one attached hydrogen (secondary N) is 1. The highest BCUT2D eigenvalue weighted by atomic mass is 15.3. The molecule has 1 N–H and O–H groups in total. The minimum absolute atomic E-state index is 0.793. The van der Waals surface area contributed by atoms with Crippen LogP contribution in [0.25, 0.3) is 0 Å². The van der Waals surface area contributed by atoms with E-state index >= 15 is 0 Å². The van der Waals surface area contributed by atoms with Gasteiger partial charge in [-0.25, -0.2) is 0 Å². The molecule has 3 saturated carbocycles. The summed E-state index contributed by atoms with van der Waals surface area (Å²) < 4.78 is 0. The summed E-state index contributed by atoms with van der Waals surface area (Å²) in [5, 5.41) is 3.87. The van der Waals surface area contributed by atoms with E-state index in [0.29, 0.717) is 0 Å². The smallest absolute Gasteiger partial charge is 0.0247 e. The van der Waals surface area contributed by atoms with Gasteiger partial charge in [0, 0.05) is 31.2 Å². The second kappa shape index (κ2) is 4.73. The van der Waals surface area contributed by atoms with E-state index in [4.69, 9.17) is 0 Å². The highest BCUT2D eigenvalue weighted by Crippen LogP contribution is 2.49. The molecule has 4 rings (SSSR count). The Morgan fingerprint density at radius 3 is 2.05 bits per heavy atom. The number of hydrogen-bond donors (Lipinski definition) is 1. The minimum Gasteiger partial charge on any atom is -0.311 e. The minimum atomic E-state index is 0.793. The third kappa shape index (κ3) is 2.58. The number of nitrogens with zero attached hydrogens (tertiary/aromatic N) is 1. The van der Waals surface area contributed by atoms with E-state index in [2.05, 4.69) is 24.1 Å². The lowest BCUT2D eigenvalue weighted by Gasteiger charge is -2.47. The Morgan fingerprint density at radius 1 is 0.947 bits per heavy atom. The molecule has 0 aromatic rings. The van der Waals surface area contributed by atoms with E-state index in [-0.39, 0.29) is 0 Å². The summed E-state index contributed by atoms with van der Waals surface area (Å²) in [4.78, 5) is 2.99. The van der Waals surface area contributed by atoms with Crippen LogP contribution in [0, 0.1) is 23.7 Å². The van der Waals surface area contributed by atoms with Gasteiger partial charge in [-0.3, -0.25) is 4.90 Å². The van der Waals surface area contributed by atoms with Crippen molar-refractivity contribution in [2.45, 2.75) is 70.5 Å². The molecule has 1 aliphatic heterocycles. The van der Waals surface area contributed by atoms with Crippen LogP contribution in [0.5, 0.6) is 0 Å². The van der Waals surface area contributed by atoms with Crippen molar-refractivity contribution >= 4 is 0 Å². The average molecular weight is 262 g/mol. The number of rotatable bonds is 5. The second-order valence-corrected chi connectivity index (χ2v) is 8.03. The molecule has 4 aliphatic rings. The van der Waals surface area contributed by atoms with Gasteiger partial charge in [-0.2, -0.15) is 0 Å². The number of piperazine rings is 1. The topological polar surface area (TPSA) is 15.3 Å². The average Bonchev–Trinajstić information content (AvgIpc) is 3.27. The van der Waals surface area contributed by atoms with Crippen molar-refractivity contribution in [2.24, 2.45) is 23.7 Å². The Kier molecular flexibility index (Phi) is 3.15. The van der Waals surface area contributed by atoms with Crippen LogP contribution in [0.3, 0.4) is 0 Å². The lowest BCUT2D eigenvalue weighted by molar-refractivity contribution is 0.0320. The summed E-state index contributed by atoms with van der Waals surface area (Å²) in [6, 6.07) is 2.56. The van der Waals surface area contributed by atoms with Gasteiger partial charge in [-0.05, 0) is 62.2 Å². The highest BCUT2D eigenvalue weighted by molar-refractivity contribution is 5.04. The normalized spacial score (nSPS) is 37.3. The first-order valence-electron chi connectivity index (χ1n) is 8.73. The predicted molar refractivity (Wildman–Crippen MR) is 79.1 cm³/mol. The van der Waals surface area contributed by atoms with E-state index < -0.39 is 0 Å². The predicted octanol–water partition coefficient (Wildman–Crippen LogP) is 2.88. The van der Waals surface area contributed by atoms with Gasteiger partial charge in [-0.1, -0.05) is 13.8 Å². The lowest BCUT2D eigenvalue weighted by atomic mass is 9.92. The van der Waals surface area contributed by atoms with Crippen LogP contribution in [-0.2, 0) is 0 Å².